The summed E-state index contributed by atoms with van der Waals surface area (Å²) in [6.45, 7) is 4.07. The van der Waals surface area contributed by atoms with E-state index >= 15 is 0 Å². The maximum Gasteiger partial charge on any atom is 0.201 e. The molecule has 1 heterocycles. The number of hydrogen-bond acceptors (Lipinski definition) is 5. The van der Waals surface area contributed by atoms with Crippen molar-refractivity contribution in [3.05, 3.63) is 64.3 Å². The smallest absolute Gasteiger partial charge is 0.201 e. The number of hydrogen-bond donors (Lipinski definition) is 2. The van der Waals surface area contributed by atoms with Gasteiger partial charge in [0.25, 0.3) is 0 Å². The number of fused-ring (bicyclic) bond motifs is 1. The van der Waals surface area contributed by atoms with Gasteiger partial charge in [-0.3, -0.25) is 4.79 Å². The van der Waals surface area contributed by atoms with E-state index in [-0.39, 0.29) is 23.3 Å². The SMILES string of the molecule is CC(C)=CCOc1cc2oc(-c3ccccc3)cc(=O)c2c(O)c1O. The van der Waals surface area contributed by atoms with Crippen LogP contribution in [0.3, 0.4) is 0 Å². The fourth-order valence-electron chi connectivity index (χ4n) is 2.42. The Morgan fingerprint density at radius 2 is 1.84 bits per heavy atom. The van der Waals surface area contributed by atoms with Crippen LogP contribution in [0, 0.1) is 0 Å². The molecule has 0 saturated heterocycles. The summed E-state index contributed by atoms with van der Waals surface area (Å²) in [6, 6.07) is 11.9. The van der Waals surface area contributed by atoms with Gasteiger partial charge in [-0.1, -0.05) is 35.9 Å². The zero-order valence-corrected chi connectivity index (χ0v) is 13.9. The van der Waals surface area contributed by atoms with Crippen molar-refractivity contribution < 1.29 is 19.4 Å². The van der Waals surface area contributed by atoms with E-state index in [1.165, 1.54) is 12.1 Å². The first-order valence-electron chi connectivity index (χ1n) is 7.81. The van der Waals surface area contributed by atoms with Crippen LogP contribution < -0.4 is 10.2 Å². The molecule has 0 aliphatic heterocycles. The van der Waals surface area contributed by atoms with Crippen molar-refractivity contribution in [2.75, 3.05) is 6.61 Å². The average Bonchev–Trinajstić information content (AvgIpc) is 2.59. The third-order valence-corrected chi connectivity index (χ3v) is 3.72. The van der Waals surface area contributed by atoms with Gasteiger partial charge in [-0.2, -0.15) is 0 Å². The van der Waals surface area contributed by atoms with Crippen LogP contribution in [0.2, 0.25) is 0 Å². The van der Waals surface area contributed by atoms with Gasteiger partial charge in [-0.15, -0.1) is 0 Å². The summed E-state index contributed by atoms with van der Waals surface area (Å²) in [5, 5.41) is 20.2. The molecule has 3 aromatic rings. The van der Waals surface area contributed by atoms with Gasteiger partial charge >= 0.3 is 0 Å². The molecule has 5 heteroatoms. The first kappa shape index (κ1) is 16.6. The zero-order valence-electron chi connectivity index (χ0n) is 13.9. The lowest BCUT2D eigenvalue weighted by Gasteiger charge is -2.10. The second-order valence-electron chi connectivity index (χ2n) is 5.88. The minimum atomic E-state index is -0.543. The molecule has 2 N–H and O–H groups in total. The van der Waals surface area contributed by atoms with Crippen molar-refractivity contribution in [1.82, 2.24) is 0 Å². The second kappa shape index (κ2) is 6.73. The summed E-state index contributed by atoms with van der Waals surface area (Å²) < 4.78 is 11.2. The van der Waals surface area contributed by atoms with E-state index in [1.54, 1.807) is 0 Å². The molecule has 0 atom stereocenters. The van der Waals surface area contributed by atoms with Crippen LogP contribution in [-0.4, -0.2) is 16.8 Å². The molecule has 0 bridgehead atoms. The normalized spacial score (nSPS) is 10.6. The lowest BCUT2D eigenvalue weighted by molar-refractivity contribution is 0.324. The third-order valence-electron chi connectivity index (χ3n) is 3.72. The van der Waals surface area contributed by atoms with Crippen molar-refractivity contribution in [1.29, 1.82) is 0 Å². The van der Waals surface area contributed by atoms with Gasteiger partial charge < -0.3 is 19.4 Å². The number of phenolic OH excluding ortho intramolecular Hbond substituents is 2. The summed E-state index contributed by atoms with van der Waals surface area (Å²) in [5.74, 6) is -0.596. The van der Waals surface area contributed by atoms with Gasteiger partial charge in [-0.25, -0.2) is 0 Å². The molecule has 0 spiro atoms. The van der Waals surface area contributed by atoms with E-state index in [0.717, 1.165) is 11.1 Å². The van der Waals surface area contributed by atoms with Crippen LogP contribution in [0.15, 0.2) is 63.3 Å². The monoisotopic (exact) mass is 338 g/mol. The van der Waals surface area contributed by atoms with Crippen molar-refractivity contribution in [3.8, 4) is 28.6 Å². The molecule has 0 aliphatic carbocycles. The first-order chi connectivity index (χ1) is 12.0. The molecule has 1 aromatic heterocycles. The first-order valence-corrected chi connectivity index (χ1v) is 7.81. The van der Waals surface area contributed by atoms with E-state index in [9.17, 15) is 15.0 Å². The van der Waals surface area contributed by atoms with Gasteiger partial charge in [0.2, 0.25) is 5.75 Å². The van der Waals surface area contributed by atoms with Crippen LogP contribution in [0.25, 0.3) is 22.3 Å². The molecule has 25 heavy (non-hydrogen) atoms. The van der Waals surface area contributed by atoms with Gasteiger partial charge in [0.15, 0.2) is 16.9 Å². The van der Waals surface area contributed by atoms with Crippen LogP contribution in [0.1, 0.15) is 13.8 Å². The van der Waals surface area contributed by atoms with Crippen molar-refractivity contribution >= 4 is 11.0 Å². The minimum absolute atomic E-state index is 0.0517. The zero-order chi connectivity index (χ0) is 18.0. The molecule has 0 saturated carbocycles. The molecule has 0 radical (unpaired) electrons. The van der Waals surface area contributed by atoms with E-state index < -0.39 is 16.9 Å². The average molecular weight is 338 g/mol. The summed E-state index contributed by atoms with van der Waals surface area (Å²) in [7, 11) is 0. The highest BCUT2D eigenvalue weighted by Crippen LogP contribution is 2.41. The largest absolute Gasteiger partial charge is 0.504 e. The van der Waals surface area contributed by atoms with Crippen LogP contribution in [0.5, 0.6) is 17.2 Å². The maximum atomic E-state index is 12.4. The number of phenols is 2. The second-order valence-corrected chi connectivity index (χ2v) is 5.88. The van der Waals surface area contributed by atoms with Gasteiger partial charge in [0.05, 0.1) is 0 Å². The predicted octanol–water partition coefficient (Wildman–Crippen LogP) is 4.22. The molecular formula is C20H18O5. The van der Waals surface area contributed by atoms with E-state index in [0.29, 0.717) is 5.76 Å². The summed E-state index contributed by atoms with van der Waals surface area (Å²) in [4.78, 5) is 12.4. The van der Waals surface area contributed by atoms with E-state index in [2.05, 4.69) is 0 Å². The number of aromatic hydroxyl groups is 2. The molecule has 3 rings (SSSR count). The van der Waals surface area contributed by atoms with Crippen LogP contribution >= 0.6 is 0 Å². The lowest BCUT2D eigenvalue weighted by atomic mass is 10.1. The van der Waals surface area contributed by atoms with E-state index in [4.69, 9.17) is 9.15 Å². The topological polar surface area (TPSA) is 79.9 Å². The number of ether oxygens (including phenoxy) is 1. The van der Waals surface area contributed by atoms with Crippen LogP contribution in [0.4, 0.5) is 0 Å². The van der Waals surface area contributed by atoms with Gasteiger partial charge in [0.1, 0.15) is 23.3 Å². The molecule has 0 aliphatic rings. The summed E-state index contributed by atoms with van der Waals surface area (Å²) >= 11 is 0. The highest BCUT2D eigenvalue weighted by Gasteiger charge is 2.18. The summed E-state index contributed by atoms with van der Waals surface area (Å²) in [6.07, 6.45) is 1.83. The number of benzene rings is 2. The standard InChI is InChI=1S/C20H18O5/c1-12(2)8-9-24-17-11-16-18(20(23)19(17)22)14(21)10-15(25-16)13-6-4-3-5-7-13/h3-8,10-11,22-23H,9H2,1-2H3. The molecule has 5 nitrogen and oxygen atoms in total. The fourth-order valence-corrected chi connectivity index (χ4v) is 2.42. The Morgan fingerprint density at radius 3 is 2.52 bits per heavy atom. The highest BCUT2D eigenvalue weighted by molar-refractivity contribution is 5.89. The Kier molecular flexibility index (Phi) is 4.48. The Labute approximate surface area is 144 Å². The van der Waals surface area contributed by atoms with Gasteiger partial charge in [0, 0.05) is 17.7 Å². The lowest BCUT2D eigenvalue weighted by Crippen LogP contribution is -2.02. The molecule has 128 valence electrons. The summed E-state index contributed by atoms with van der Waals surface area (Å²) in [5.41, 5.74) is 1.50. The van der Waals surface area contributed by atoms with E-state index in [1.807, 2.05) is 50.3 Å². The Balaban J connectivity index is 2.14. The Morgan fingerprint density at radius 1 is 1.12 bits per heavy atom. The van der Waals surface area contributed by atoms with Gasteiger partial charge in [-0.05, 0) is 19.9 Å². The molecule has 2 aromatic carbocycles. The quantitative estimate of drug-likeness (QED) is 0.550. The Hall–Kier alpha value is -3.21. The predicted molar refractivity (Wildman–Crippen MR) is 96.2 cm³/mol. The molecular weight excluding hydrogens is 320 g/mol. The highest BCUT2D eigenvalue weighted by atomic mass is 16.5. The third kappa shape index (κ3) is 3.35. The van der Waals surface area contributed by atoms with Crippen LogP contribution in [-0.2, 0) is 0 Å². The fraction of sp³-hybridized carbons (Fsp3) is 0.150. The molecule has 0 unspecified atom stereocenters. The van der Waals surface area contributed by atoms with Crippen molar-refractivity contribution in [3.63, 3.8) is 0 Å². The molecule has 0 fully saturated rings. The Bertz CT molecular complexity index is 996. The van der Waals surface area contributed by atoms with Crippen molar-refractivity contribution in [2.24, 2.45) is 0 Å². The number of rotatable bonds is 4. The molecule has 0 amide bonds. The number of allylic oxidation sites excluding steroid dienone is 1. The maximum absolute atomic E-state index is 12.4. The van der Waals surface area contributed by atoms with Crippen molar-refractivity contribution in [2.45, 2.75) is 13.8 Å². The minimum Gasteiger partial charge on any atom is -0.504 e.